The lowest BCUT2D eigenvalue weighted by molar-refractivity contribution is 0.127. The number of hydrogen-bond acceptors (Lipinski definition) is 5. The van der Waals surface area contributed by atoms with Gasteiger partial charge in [-0.2, -0.15) is 0 Å². The van der Waals surface area contributed by atoms with Crippen LogP contribution >= 0.6 is 0 Å². The molecule has 5 rings (SSSR count). The number of fused-ring (bicyclic) bond motifs is 2. The van der Waals surface area contributed by atoms with Crippen LogP contribution in [0.15, 0.2) is 24.4 Å². The van der Waals surface area contributed by atoms with Crippen LogP contribution < -0.4 is 11.3 Å². The Morgan fingerprint density at radius 3 is 2.59 bits per heavy atom. The molecule has 4 aromatic rings. The Bertz CT molecular complexity index is 1230. The van der Waals surface area contributed by atoms with Crippen LogP contribution in [0.2, 0.25) is 0 Å². The summed E-state index contributed by atoms with van der Waals surface area (Å²) in [7, 11) is 5.97. The average molecular weight is 437 g/mol. The maximum absolute atomic E-state index is 12.9. The second-order valence-corrected chi connectivity index (χ2v) is 8.34. The van der Waals surface area contributed by atoms with Crippen molar-refractivity contribution in [2.24, 2.45) is 5.92 Å². The lowest BCUT2D eigenvalue weighted by Crippen LogP contribution is -2.13. The number of rotatable bonds is 3. The Labute approximate surface area is 186 Å². The van der Waals surface area contributed by atoms with E-state index in [1.54, 1.807) is 31.3 Å². The topological polar surface area (TPSA) is 86.9 Å². The minimum atomic E-state index is -2.50. The average Bonchev–Trinajstić information content (AvgIpc) is 3.25. The highest BCUT2D eigenvalue weighted by molar-refractivity contribution is 6.32. The van der Waals surface area contributed by atoms with E-state index >= 15 is 0 Å². The minimum Gasteiger partial charge on any atom is -0.367 e. The van der Waals surface area contributed by atoms with Gasteiger partial charge in [-0.1, -0.05) is 39.0 Å². The van der Waals surface area contributed by atoms with Crippen LogP contribution in [0.3, 0.4) is 0 Å². The van der Waals surface area contributed by atoms with Crippen LogP contribution in [0, 0.1) is 12.8 Å². The normalized spacial score (nSPS) is 14.8. The highest BCUT2D eigenvalue weighted by Gasteiger charge is 2.16. The lowest BCUT2D eigenvalue weighted by atomic mass is 9.91. The number of aromatic nitrogens is 6. The molecule has 4 aromatic heterocycles. The van der Waals surface area contributed by atoms with E-state index in [0.29, 0.717) is 39.4 Å². The van der Waals surface area contributed by atoms with Gasteiger partial charge in [-0.25, -0.2) is 28.2 Å². The van der Waals surface area contributed by atoms with Crippen LogP contribution in [0.4, 0.5) is 14.7 Å². The first-order chi connectivity index (χ1) is 15.3. The Morgan fingerprint density at radius 2 is 1.94 bits per heavy atom. The number of nitrogen functional groups attached to an aromatic ring is 1. The third-order valence-corrected chi connectivity index (χ3v) is 5.84. The first-order valence-corrected chi connectivity index (χ1v) is 10.9. The first-order valence-electron chi connectivity index (χ1n) is 10.9. The molecule has 1 fully saturated rings. The zero-order chi connectivity index (χ0) is 22.8. The largest absolute Gasteiger partial charge is 0.367 e. The van der Waals surface area contributed by atoms with Crippen molar-refractivity contribution in [3.05, 3.63) is 30.2 Å². The minimum absolute atomic E-state index is 0.0930. The summed E-state index contributed by atoms with van der Waals surface area (Å²) in [5.41, 5.74) is 8.77. The summed E-state index contributed by atoms with van der Waals surface area (Å²) < 4.78 is 28.6. The molecule has 0 amide bonds. The van der Waals surface area contributed by atoms with E-state index in [-0.39, 0.29) is 5.95 Å². The van der Waals surface area contributed by atoms with Gasteiger partial charge in [-0.15, -0.1) is 5.10 Å². The molecular weight excluding hydrogens is 411 g/mol. The van der Waals surface area contributed by atoms with Gasteiger partial charge in [0.1, 0.15) is 19.2 Å². The summed E-state index contributed by atoms with van der Waals surface area (Å²) in [5.74, 6) is 1.61. The fraction of sp³-hybridized carbons (Fsp3) is 0.455. The van der Waals surface area contributed by atoms with Crippen molar-refractivity contribution >= 4 is 36.1 Å². The Morgan fingerprint density at radius 1 is 1.19 bits per heavy atom. The number of nitrogens with zero attached hydrogens (tertiary/aromatic N) is 6. The summed E-state index contributed by atoms with van der Waals surface area (Å²) in [5, 5.41) is 4.06. The highest BCUT2D eigenvalue weighted by Crippen LogP contribution is 2.25. The van der Waals surface area contributed by atoms with Gasteiger partial charge in [0, 0.05) is 5.56 Å². The van der Waals surface area contributed by atoms with Crippen LogP contribution in [-0.2, 0) is 6.54 Å². The molecule has 4 heterocycles. The summed E-state index contributed by atoms with van der Waals surface area (Å²) >= 11 is 0. The van der Waals surface area contributed by atoms with Gasteiger partial charge >= 0.3 is 0 Å². The molecule has 0 aromatic carbocycles. The molecule has 0 atom stereocenters. The quantitative estimate of drug-likeness (QED) is 0.495. The number of halogens is 2. The van der Waals surface area contributed by atoms with Gasteiger partial charge in [0.2, 0.25) is 5.95 Å². The first kappa shape index (κ1) is 22.2. The zero-order valence-corrected chi connectivity index (χ0v) is 18.3. The molecule has 1 saturated carbocycles. The van der Waals surface area contributed by atoms with E-state index in [0.717, 1.165) is 5.92 Å². The summed E-state index contributed by atoms with van der Waals surface area (Å²) in [6.45, 7) is 3.57. The molecule has 1 aliphatic carbocycles. The van der Waals surface area contributed by atoms with Gasteiger partial charge in [0.15, 0.2) is 5.65 Å². The molecule has 0 aliphatic heterocycles. The van der Waals surface area contributed by atoms with Crippen molar-refractivity contribution in [2.45, 2.75) is 58.9 Å². The number of aryl methyl sites for hydroxylation is 1. The van der Waals surface area contributed by atoms with Gasteiger partial charge in [-0.05, 0) is 36.6 Å². The van der Waals surface area contributed by atoms with Crippen LogP contribution in [0.1, 0.15) is 44.9 Å². The number of pyridine rings is 1. The molecule has 7 nitrogen and oxygen atoms in total. The molecule has 2 radical (unpaired) electrons. The van der Waals surface area contributed by atoms with Crippen LogP contribution in [0.25, 0.3) is 27.9 Å². The number of imidazole rings is 1. The molecule has 0 spiro atoms. The zero-order valence-electron chi connectivity index (χ0n) is 18.3. The lowest BCUT2D eigenvalue weighted by Gasteiger charge is -2.15. The van der Waals surface area contributed by atoms with Crippen molar-refractivity contribution in [3.63, 3.8) is 0 Å². The number of alkyl halides is 2. The van der Waals surface area contributed by atoms with Crippen LogP contribution in [0.5, 0.6) is 0 Å². The van der Waals surface area contributed by atoms with E-state index in [1.165, 1.54) is 41.2 Å². The van der Waals surface area contributed by atoms with E-state index in [2.05, 4.69) is 27.0 Å². The monoisotopic (exact) mass is 437 g/mol. The van der Waals surface area contributed by atoms with Crippen LogP contribution in [-0.4, -0.2) is 43.4 Å². The smallest absolute Gasteiger partial charge is 0.256 e. The van der Waals surface area contributed by atoms with Crippen molar-refractivity contribution < 1.29 is 8.78 Å². The van der Waals surface area contributed by atoms with E-state index in [1.807, 2.05) is 0 Å². The molecule has 0 unspecified atom stereocenters. The fourth-order valence-electron chi connectivity index (χ4n) is 4.16. The standard InChI is InChI=1S/C15H12BF2N7.C7H14/c1-7-21-10-3-2-9(22-14(10)24(7)6-13(17)18)8-4-12(16)25-11(8)5-20-15(19)23-25;1-7-5-3-2-4-6-7/h2-5,13H,6H2,1H3,(H2,19,23);7H,2-6H2,1H3. The van der Waals surface area contributed by atoms with Gasteiger partial charge in [0.25, 0.3) is 6.43 Å². The van der Waals surface area contributed by atoms with Gasteiger partial charge in [0.05, 0.1) is 24.0 Å². The fourth-order valence-corrected chi connectivity index (χ4v) is 4.16. The molecule has 2 N–H and O–H groups in total. The van der Waals surface area contributed by atoms with E-state index < -0.39 is 13.0 Å². The predicted molar refractivity (Wildman–Crippen MR) is 122 cm³/mol. The Kier molecular flexibility index (Phi) is 6.39. The van der Waals surface area contributed by atoms with Crippen molar-refractivity contribution in [2.75, 3.05) is 5.73 Å². The van der Waals surface area contributed by atoms with Gasteiger partial charge in [-0.3, -0.25) is 0 Å². The Hall–Kier alpha value is -3.04. The van der Waals surface area contributed by atoms with Gasteiger partial charge < -0.3 is 10.3 Å². The number of anilines is 1. The number of nitrogens with two attached hydrogens (primary N) is 1. The predicted octanol–water partition coefficient (Wildman–Crippen LogP) is 3.68. The molecule has 1 aliphatic rings. The molecule has 32 heavy (non-hydrogen) atoms. The van der Waals surface area contributed by atoms with Crippen molar-refractivity contribution in [1.29, 1.82) is 0 Å². The molecule has 0 bridgehead atoms. The summed E-state index contributed by atoms with van der Waals surface area (Å²) in [6, 6.07) is 5.19. The van der Waals surface area contributed by atoms with Crippen molar-refractivity contribution in [1.82, 2.24) is 29.1 Å². The summed E-state index contributed by atoms with van der Waals surface area (Å²) in [4.78, 5) is 12.8. The maximum atomic E-state index is 12.9. The summed E-state index contributed by atoms with van der Waals surface area (Å²) in [6.07, 6.45) is 6.48. The number of hydrogen-bond donors (Lipinski definition) is 1. The molecule has 0 saturated heterocycles. The highest BCUT2D eigenvalue weighted by atomic mass is 19.3. The molecule has 166 valence electrons. The van der Waals surface area contributed by atoms with E-state index in [9.17, 15) is 8.78 Å². The molecule has 10 heteroatoms. The second kappa shape index (κ2) is 9.22. The maximum Gasteiger partial charge on any atom is 0.256 e. The third kappa shape index (κ3) is 4.59. The SMILES string of the molecule is CC1CCCCC1.[B]c1cc(-c2ccc3nc(C)n(CC(F)F)c3n2)c2cnc(N)nn12. The Balaban J connectivity index is 0.000000300. The van der Waals surface area contributed by atoms with Crippen molar-refractivity contribution in [3.8, 4) is 11.3 Å². The second-order valence-electron chi connectivity index (χ2n) is 8.34. The third-order valence-electron chi connectivity index (χ3n) is 5.84. The molecular formula is C22H26BF2N7. The van der Waals surface area contributed by atoms with E-state index in [4.69, 9.17) is 13.6 Å².